The Labute approximate surface area is 179 Å². The molecule has 0 unspecified atom stereocenters. The van der Waals surface area contributed by atoms with Crippen LogP contribution in [0.1, 0.15) is 30.9 Å². The van der Waals surface area contributed by atoms with Crippen LogP contribution in [0.4, 0.5) is 0 Å². The molecule has 0 bridgehead atoms. The fourth-order valence-corrected chi connectivity index (χ4v) is 4.31. The summed E-state index contributed by atoms with van der Waals surface area (Å²) < 4.78 is 11.3. The van der Waals surface area contributed by atoms with Crippen LogP contribution >= 0.6 is 35.7 Å². The molecule has 0 aliphatic carbocycles. The maximum absolute atomic E-state index is 5.54. The van der Waals surface area contributed by atoms with Gasteiger partial charge < -0.3 is 20.1 Å². The SMILES string of the molecule is CCSC1(CNC(=NC)NCc2ccc(C)cc2OC)CCOCC1.I. The average molecular weight is 493 g/mol. The summed E-state index contributed by atoms with van der Waals surface area (Å²) in [5, 5.41) is 6.90. The molecule has 2 rings (SSSR count). The molecule has 1 aromatic carbocycles. The smallest absolute Gasteiger partial charge is 0.191 e. The number of hydrogen-bond acceptors (Lipinski definition) is 4. The maximum atomic E-state index is 5.54. The van der Waals surface area contributed by atoms with Crippen molar-refractivity contribution < 1.29 is 9.47 Å². The van der Waals surface area contributed by atoms with Gasteiger partial charge in [0.15, 0.2) is 5.96 Å². The van der Waals surface area contributed by atoms with E-state index in [0.717, 1.165) is 55.6 Å². The molecule has 0 amide bonds. The summed E-state index contributed by atoms with van der Waals surface area (Å²) in [6.07, 6.45) is 2.17. The van der Waals surface area contributed by atoms with Crippen molar-refractivity contribution in [2.24, 2.45) is 4.99 Å². The van der Waals surface area contributed by atoms with Crippen LogP contribution in [0.3, 0.4) is 0 Å². The Hall–Kier alpha value is -0.670. The van der Waals surface area contributed by atoms with E-state index in [0.29, 0.717) is 6.54 Å². The van der Waals surface area contributed by atoms with Crippen LogP contribution in [0.25, 0.3) is 0 Å². The molecule has 1 aromatic rings. The number of benzene rings is 1. The lowest BCUT2D eigenvalue weighted by Gasteiger charge is -2.37. The topological polar surface area (TPSA) is 54.9 Å². The standard InChI is InChI=1S/C19H31N3O2S.HI/c1-5-25-19(8-10-24-11-9-19)14-22-18(20-3)21-13-16-7-6-15(2)12-17(16)23-4;/h6-7,12H,5,8-11,13-14H2,1-4H3,(H2,20,21,22);1H. The number of ether oxygens (including phenoxy) is 2. The van der Waals surface area contributed by atoms with Crippen molar-refractivity contribution in [2.45, 2.75) is 38.0 Å². The predicted octanol–water partition coefficient (Wildman–Crippen LogP) is 3.59. The summed E-state index contributed by atoms with van der Waals surface area (Å²) in [7, 11) is 3.52. The van der Waals surface area contributed by atoms with Crippen molar-refractivity contribution in [2.75, 3.05) is 39.7 Å². The molecule has 148 valence electrons. The minimum Gasteiger partial charge on any atom is -0.496 e. The Morgan fingerprint density at radius 1 is 1.31 bits per heavy atom. The minimum absolute atomic E-state index is 0. The van der Waals surface area contributed by atoms with Crippen LogP contribution in [0.5, 0.6) is 5.75 Å². The maximum Gasteiger partial charge on any atom is 0.191 e. The molecule has 0 radical (unpaired) electrons. The molecule has 1 aliphatic heterocycles. The van der Waals surface area contributed by atoms with E-state index in [-0.39, 0.29) is 28.7 Å². The highest BCUT2D eigenvalue weighted by atomic mass is 127. The van der Waals surface area contributed by atoms with Crippen LogP contribution < -0.4 is 15.4 Å². The molecule has 0 atom stereocenters. The highest BCUT2D eigenvalue weighted by Crippen LogP contribution is 2.34. The van der Waals surface area contributed by atoms with E-state index in [4.69, 9.17) is 9.47 Å². The van der Waals surface area contributed by atoms with E-state index >= 15 is 0 Å². The Morgan fingerprint density at radius 2 is 2.04 bits per heavy atom. The second-order valence-corrected chi connectivity index (χ2v) is 8.06. The molecule has 0 aromatic heterocycles. The van der Waals surface area contributed by atoms with Gasteiger partial charge in [-0.2, -0.15) is 11.8 Å². The van der Waals surface area contributed by atoms with E-state index in [2.05, 4.69) is 47.7 Å². The third kappa shape index (κ3) is 6.81. The quantitative estimate of drug-likeness (QED) is 0.346. The van der Waals surface area contributed by atoms with Gasteiger partial charge in [0.25, 0.3) is 0 Å². The minimum atomic E-state index is 0. The Kier molecular flexibility index (Phi) is 10.7. The number of rotatable bonds is 7. The first-order valence-electron chi connectivity index (χ1n) is 8.92. The lowest BCUT2D eigenvalue weighted by molar-refractivity contribution is 0.0782. The Bertz CT molecular complexity index is 572. The van der Waals surface area contributed by atoms with Gasteiger partial charge in [-0.05, 0) is 37.1 Å². The van der Waals surface area contributed by atoms with Gasteiger partial charge in [0, 0.05) is 43.7 Å². The Balaban J connectivity index is 0.00000338. The zero-order chi connectivity index (χ0) is 18.1. The van der Waals surface area contributed by atoms with Gasteiger partial charge in [0.05, 0.1) is 7.11 Å². The molecule has 1 saturated heterocycles. The summed E-state index contributed by atoms with van der Waals surface area (Å²) in [5.41, 5.74) is 2.32. The summed E-state index contributed by atoms with van der Waals surface area (Å²) >= 11 is 2.03. The molecular weight excluding hydrogens is 461 g/mol. The molecule has 1 aliphatic rings. The molecule has 0 saturated carbocycles. The fraction of sp³-hybridized carbons (Fsp3) is 0.632. The van der Waals surface area contributed by atoms with Crippen molar-refractivity contribution >= 4 is 41.7 Å². The molecule has 1 fully saturated rings. The number of nitrogens with one attached hydrogen (secondary N) is 2. The van der Waals surface area contributed by atoms with Crippen LogP contribution in [0, 0.1) is 6.92 Å². The van der Waals surface area contributed by atoms with Crippen LogP contribution in [0.2, 0.25) is 0 Å². The van der Waals surface area contributed by atoms with Crippen molar-refractivity contribution in [3.05, 3.63) is 29.3 Å². The first-order chi connectivity index (χ1) is 12.1. The highest BCUT2D eigenvalue weighted by molar-refractivity contribution is 14.0. The molecular formula is C19H32IN3O2S. The molecule has 7 heteroatoms. The van der Waals surface area contributed by atoms with Gasteiger partial charge in [-0.25, -0.2) is 0 Å². The lowest BCUT2D eigenvalue weighted by Crippen LogP contribution is -2.48. The molecule has 26 heavy (non-hydrogen) atoms. The second kappa shape index (κ2) is 11.9. The number of aliphatic imine (C=N–C) groups is 1. The van der Waals surface area contributed by atoms with Crippen LogP contribution in [-0.4, -0.2) is 50.4 Å². The first-order valence-corrected chi connectivity index (χ1v) is 9.91. The van der Waals surface area contributed by atoms with Gasteiger partial charge in [-0.1, -0.05) is 19.1 Å². The van der Waals surface area contributed by atoms with E-state index < -0.39 is 0 Å². The zero-order valence-electron chi connectivity index (χ0n) is 16.3. The number of hydrogen-bond donors (Lipinski definition) is 2. The summed E-state index contributed by atoms with van der Waals surface area (Å²) in [6.45, 7) is 7.57. The van der Waals surface area contributed by atoms with Gasteiger partial charge in [0.1, 0.15) is 5.75 Å². The van der Waals surface area contributed by atoms with Gasteiger partial charge in [-0.15, -0.1) is 24.0 Å². The molecule has 2 N–H and O–H groups in total. The van der Waals surface area contributed by atoms with E-state index in [1.807, 2.05) is 18.8 Å². The third-order valence-electron chi connectivity index (χ3n) is 4.55. The highest BCUT2D eigenvalue weighted by Gasteiger charge is 2.32. The van der Waals surface area contributed by atoms with Crippen molar-refractivity contribution in [3.8, 4) is 5.75 Å². The second-order valence-electron chi connectivity index (χ2n) is 6.32. The molecule has 0 spiro atoms. The average Bonchev–Trinajstić information content (AvgIpc) is 2.63. The third-order valence-corrected chi connectivity index (χ3v) is 6.00. The summed E-state index contributed by atoms with van der Waals surface area (Å²) in [6, 6.07) is 6.26. The molecule has 1 heterocycles. The largest absolute Gasteiger partial charge is 0.496 e. The number of methoxy groups -OCH3 is 1. The zero-order valence-corrected chi connectivity index (χ0v) is 19.4. The number of thioether (sulfide) groups is 1. The van der Waals surface area contributed by atoms with E-state index in [9.17, 15) is 0 Å². The monoisotopic (exact) mass is 493 g/mol. The van der Waals surface area contributed by atoms with Gasteiger partial charge in [-0.3, -0.25) is 4.99 Å². The number of halogens is 1. The number of aryl methyl sites for hydroxylation is 1. The van der Waals surface area contributed by atoms with E-state index in [1.165, 1.54) is 5.56 Å². The summed E-state index contributed by atoms with van der Waals surface area (Å²) in [5.74, 6) is 2.85. The molecule has 5 nitrogen and oxygen atoms in total. The first kappa shape index (κ1) is 23.4. The van der Waals surface area contributed by atoms with Crippen LogP contribution in [0.15, 0.2) is 23.2 Å². The summed E-state index contributed by atoms with van der Waals surface area (Å²) in [4.78, 5) is 4.36. The van der Waals surface area contributed by atoms with Crippen LogP contribution in [-0.2, 0) is 11.3 Å². The van der Waals surface area contributed by atoms with Crippen molar-refractivity contribution in [1.82, 2.24) is 10.6 Å². The van der Waals surface area contributed by atoms with Crippen molar-refractivity contribution in [3.63, 3.8) is 0 Å². The van der Waals surface area contributed by atoms with Crippen molar-refractivity contribution in [1.29, 1.82) is 0 Å². The normalized spacial score (nSPS) is 16.5. The Morgan fingerprint density at radius 3 is 2.65 bits per heavy atom. The van der Waals surface area contributed by atoms with Gasteiger partial charge in [0.2, 0.25) is 0 Å². The predicted molar refractivity (Wildman–Crippen MR) is 122 cm³/mol. The number of nitrogens with zero attached hydrogens (tertiary/aromatic N) is 1. The van der Waals surface area contributed by atoms with E-state index in [1.54, 1.807) is 7.11 Å². The fourth-order valence-electron chi connectivity index (χ4n) is 3.06. The number of guanidine groups is 1. The lowest BCUT2D eigenvalue weighted by atomic mass is 9.99. The van der Waals surface area contributed by atoms with Gasteiger partial charge >= 0.3 is 0 Å².